The number of carbonyl (C=O) groups excluding carboxylic acids is 1. The van der Waals surface area contributed by atoms with E-state index in [9.17, 15) is 4.79 Å². The monoisotopic (exact) mass is 290 g/mol. The number of carbonyl (C=O) groups is 1. The smallest absolute Gasteiger partial charge is 0.254 e. The quantitative estimate of drug-likeness (QED) is 0.820. The maximum absolute atomic E-state index is 12.6. The van der Waals surface area contributed by atoms with Crippen LogP contribution in [-0.4, -0.2) is 32.5 Å². The summed E-state index contributed by atoms with van der Waals surface area (Å²) in [4.78, 5) is 18.3. The molecule has 0 fully saturated rings. The van der Waals surface area contributed by atoms with Crippen LogP contribution in [0.5, 0.6) is 0 Å². The molecule has 20 heavy (non-hydrogen) atoms. The second-order valence-corrected chi connectivity index (χ2v) is 6.07. The zero-order chi connectivity index (χ0) is 14.3. The van der Waals surface area contributed by atoms with Gasteiger partial charge in [-0.15, -0.1) is 0 Å². The van der Waals surface area contributed by atoms with Gasteiger partial charge in [-0.25, -0.2) is 4.98 Å². The average molecular weight is 291 g/mol. The van der Waals surface area contributed by atoms with E-state index < -0.39 is 0 Å². The topological polar surface area (TPSA) is 61.9 Å². The number of nitrogens with one attached hydrogen (secondary N) is 1. The summed E-state index contributed by atoms with van der Waals surface area (Å²) in [6.45, 7) is 5.40. The molecule has 6 heteroatoms. The Morgan fingerprint density at radius 1 is 1.50 bits per heavy atom. The van der Waals surface area contributed by atoms with Crippen LogP contribution in [0.15, 0.2) is 24.5 Å². The fraction of sp³-hybridized carbons (Fsp3) is 0.357. The van der Waals surface area contributed by atoms with Crippen molar-refractivity contribution in [1.29, 1.82) is 0 Å². The Balaban J connectivity index is 1.92. The number of fused-ring (bicyclic) bond motifs is 1. The highest BCUT2D eigenvalue weighted by Crippen LogP contribution is 2.32. The zero-order valence-corrected chi connectivity index (χ0v) is 12.1. The first-order valence-electron chi connectivity index (χ1n) is 6.41. The van der Waals surface area contributed by atoms with E-state index in [-0.39, 0.29) is 11.3 Å². The zero-order valence-electron chi connectivity index (χ0n) is 11.4. The van der Waals surface area contributed by atoms with Crippen LogP contribution in [0.2, 0.25) is 5.15 Å². The van der Waals surface area contributed by atoms with Gasteiger partial charge in [0.05, 0.1) is 6.20 Å². The van der Waals surface area contributed by atoms with Gasteiger partial charge in [-0.3, -0.25) is 9.89 Å². The van der Waals surface area contributed by atoms with Gasteiger partial charge >= 0.3 is 0 Å². The van der Waals surface area contributed by atoms with Crippen molar-refractivity contribution < 1.29 is 4.79 Å². The second-order valence-electron chi connectivity index (χ2n) is 5.68. The van der Waals surface area contributed by atoms with Crippen LogP contribution in [0, 0.1) is 0 Å². The van der Waals surface area contributed by atoms with Gasteiger partial charge in [0.25, 0.3) is 5.91 Å². The number of amides is 1. The lowest BCUT2D eigenvalue weighted by atomic mass is 9.83. The van der Waals surface area contributed by atoms with E-state index in [4.69, 9.17) is 11.6 Å². The number of H-pyrrole nitrogens is 1. The summed E-state index contributed by atoms with van der Waals surface area (Å²) in [5.74, 6) is -0.0331. The highest BCUT2D eigenvalue weighted by atomic mass is 35.5. The molecule has 0 saturated heterocycles. The Kier molecular flexibility index (Phi) is 3.01. The van der Waals surface area contributed by atoms with Gasteiger partial charge in [-0.1, -0.05) is 25.4 Å². The minimum atomic E-state index is -0.142. The molecule has 5 nitrogen and oxygen atoms in total. The molecule has 1 N–H and O–H groups in total. The lowest BCUT2D eigenvalue weighted by molar-refractivity contribution is 0.0684. The number of hydrogen-bond acceptors (Lipinski definition) is 3. The van der Waals surface area contributed by atoms with E-state index in [1.807, 2.05) is 4.90 Å². The van der Waals surface area contributed by atoms with Crippen molar-refractivity contribution in [2.45, 2.75) is 25.8 Å². The van der Waals surface area contributed by atoms with Gasteiger partial charge in [-0.2, -0.15) is 5.10 Å². The first-order valence-corrected chi connectivity index (χ1v) is 6.79. The third-order valence-electron chi connectivity index (χ3n) is 3.60. The molecule has 0 bridgehead atoms. The minimum absolute atomic E-state index is 0.0331. The predicted molar refractivity (Wildman–Crippen MR) is 75.6 cm³/mol. The minimum Gasteiger partial charge on any atom is -0.333 e. The predicted octanol–water partition coefficient (Wildman–Crippen LogP) is 2.39. The molecule has 104 valence electrons. The lowest BCUT2D eigenvalue weighted by Crippen LogP contribution is -2.45. The number of rotatable bonds is 1. The Labute approximate surface area is 122 Å². The van der Waals surface area contributed by atoms with Crippen LogP contribution in [0.1, 0.15) is 35.5 Å². The maximum Gasteiger partial charge on any atom is 0.254 e. The molecule has 3 heterocycles. The van der Waals surface area contributed by atoms with Crippen molar-refractivity contribution in [2.24, 2.45) is 0 Å². The second kappa shape index (κ2) is 4.59. The molecule has 1 aliphatic rings. The number of pyridine rings is 1. The van der Waals surface area contributed by atoms with Crippen molar-refractivity contribution in [2.75, 3.05) is 6.54 Å². The van der Waals surface area contributed by atoms with Gasteiger partial charge in [0.15, 0.2) is 0 Å². The van der Waals surface area contributed by atoms with E-state index in [0.29, 0.717) is 23.8 Å². The molecule has 1 aliphatic heterocycles. The Morgan fingerprint density at radius 2 is 2.30 bits per heavy atom. The van der Waals surface area contributed by atoms with Crippen LogP contribution >= 0.6 is 11.6 Å². The van der Waals surface area contributed by atoms with Crippen molar-refractivity contribution >= 4 is 17.5 Å². The summed E-state index contributed by atoms with van der Waals surface area (Å²) in [7, 11) is 0. The molecule has 0 aliphatic carbocycles. The molecule has 3 rings (SSSR count). The number of halogens is 1. The normalized spacial score (nSPS) is 16.9. The molecule has 0 radical (unpaired) electrons. The fourth-order valence-electron chi connectivity index (χ4n) is 2.70. The average Bonchev–Trinajstić information content (AvgIpc) is 2.86. The van der Waals surface area contributed by atoms with Crippen LogP contribution in [0.25, 0.3) is 0 Å². The molecular weight excluding hydrogens is 276 g/mol. The molecule has 0 atom stereocenters. The molecule has 0 saturated carbocycles. The summed E-state index contributed by atoms with van der Waals surface area (Å²) in [6.07, 6.45) is 3.34. The van der Waals surface area contributed by atoms with E-state index in [1.165, 1.54) is 0 Å². The highest BCUT2D eigenvalue weighted by molar-refractivity contribution is 6.29. The van der Waals surface area contributed by atoms with E-state index >= 15 is 0 Å². The third-order valence-corrected chi connectivity index (χ3v) is 3.81. The standard InChI is InChI=1S/C14H15ClN4O/c1-14(2)8-19(7-10-6-17-18-12(10)14)13(20)9-3-4-16-11(15)5-9/h3-6H,7-8H2,1-2H3,(H,17,18). The van der Waals surface area contributed by atoms with Crippen molar-refractivity contribution in [1.82, 2.24) is 20.1 Å². The number of aromatic nitrogens is 3. The molecule has 0 spiro atoms. The highest BCUT2D eigenvalue weighted by Gasteiger charge is 2.35. The van der Waals surface area contributed by atoms with Crippen LogP contribution < -0.4 is 0 Å². The number of aromatic amines is 1. The third kappa shape index (κ3) is 2.18. The first-order chi connectivity index (χ1) is 9.47. The van der Waals surface area contributed by atoms with Crippen LogP contribution in [0.3, 0.4) is 0 Å². The van der Waals surface area contributed by atoms with Crippen molar-refractivity contribution in [3.05, 3.63) is 46.5 Å². The Hall–Kier alpha value is -1.88. The summed E-state index contributed by atoms with van der Waals surface area (Å²) in [5, 5.41) is 7.45. The van der Waals surface area contributed by atoms with Gasteiger partial charge in [0.2, 0.25) is 0 Å². The Bertz CT molecular complexity index is 665. The van der Waals surface area contributed by atoms with Crippen molar-refractivity contribution in [3.63, 3.8) is 0 Å². The van der Waals surface area contributed by atoms with Gasteiger partial charge in [0, 0.05) is 41.5 Å². The summed E-state index contributed by atoms with van der Waals surface area (Å²) in [6, 6.07) is 3.29. The van der Waals surface area contributed by atoms with Crippen LogP contribution in [0.4, 0.5) is 0 Å². The Morgan fingerprint density at radius 3 is 3.05 bits per heavy atom. The van der Waals surface area contributed by atoms with E-state index in [0.717, 1.165) is 11.3 Å². The summed E-state index contributed by atoms with van der Waals surface area (Å²) in [5.41, 5.74) is 2.59. The summed E-state index contributed by atoms with van der Waals surface area (Å²) < 4.78 is 0. The molecular formula is C14H15ClN4O. The maximum atomic E-state index is 12.6. The molecule has 0 aromatic carbocycles. The largest absolute Gasteiger partial charge is 0.333 e. The lowest BCUT2D eigenvalue weighted by Gasteiger charge is -2.37. The SMILES string of the molecule is CC1(C)CN(C(=O)c2ccnc(Cl)c2)Cc2cn[nH]c21. The molecule has 0 unspecified atom stereocenters. The number of nitrogens with zero attached hydrogens (tertiary/aromatic N) is 3. The summed E-state index contributed by atoms with van der Waals surface area (Å²) >= 11 is 5.85. The van der Waals surface area contributed by atoms with E-state index in [1.54, 1.807) is 24.5 Å². The molecule has 2 aromatic heterocycles. The van der Waals surface area contributed by atoms with Gasteiger partial charge < -0.3 is 4.90 Å². The van der Waals surface area contributed by atoms with Crippen molar-refractivity contribution in [3.8, 4) is 0 Å². The van der Waals surface area contributed by atoms with Gasteiger partial charge in [-0.05, 0) is 12.1 Å². The first kappa shape index (κ1) is 13.1. The molecule has 2 aromatic rings. The van der Waals surface area contributed by atoms with Crippen LogP contribution in [-0.2, 0) is 12.0 Å². The number of hydrogen-bond donors (Lipinski definition) is 1. The van der Waals surface area contributed by atoms with E-state index in [2.05, 4.69) is 29.0 Å². The fourth-order valence-corrected chi connectivity index (χ4v) is 2.87. The van der Waals surface area contributed by atoms with Gasteiger partial charge in [0.1, 0.15) is 5.15 Å². The molecule has 1 amide bonds.